The Kier molecular flexibility index (Phi) is 1.26. The molecule has 1 aliphatic rings. The first-order valence-electron chi connectivity index (χ1n) is 7.43. The maximum absolute atomic E-state index is 7.82. The molecule has 1 fully saturated rings. The van der Waals surface area contributed by atoms with Crippen molar-refractivity contribution in [3.05, 3.63) is 16.4 Å². The molecule has 6 heteroatoms. The summed E-state index contributed by atoms with van der Waals surface area (Å²) in [5.74, 6) is -0.705. The Labute approximate surface area is 103 Å². The van der Waals surface area contributed by atoms with Crippen LogP contribution in [0, 0.1) is 0 Å². The summed E-state index contributed by atoms with van der Waals surface area (Å²) in [6, 6.07) is 1.11. The molecule has 76 valence electrons. The van der Waals surface area contributed by atoms with Gasteiger partial charge in [-0.05, 0) is 0 Å². The average molecular weight is 242 g/mol. The minimum Gasteiger partial charge on any atom is -0.378 e. The second-order valence-electron chi connectivity index (χ2n) is 2.18. The van der Waals surface area contributed by atoms with E-state index in [9.17, 15) is 0 Å². The van der Waals surface area contributed by atoms with Gasteiger partial charge in [-0.15, -0.1) is 0 Å². The lowest BCUT2D eigenvalue weighted by Gasteiger charge is -2.26. The molecule has 1 saturated heterocycles. The summed E-state index contributed by atoms with van der Waals surface area (Å²) >= 11 is 11.3. The van der Waals surface area contributed by atoms with E-state index in [1.165, 1.54) is 0 Å². The van der Waals surface area contributed by atoms with Crippen LogP contribution in [-0.2, 0) is 4.74 Å². The summed E-state index contributed by atoms with van der Waals surface area (Å²) in [5, 5.41) is -0.483. The highest BCUT2D eigenvalue weighted by Gasteiger charge is 2.14. The van der Waals surface area contributed by atoms with Crippen LogP contribution in [0.15, 0.2) is 6.07 Å². The van der Waals surface area contributed by atoms with E-state index in [2.05, 4.69) is 14.7 Å². The zero-order valence-corrected chi connectivity index (χ0v) is 8.10. The van der Waals surface area contributed by atoms with Gasteiger partial charge in [-0.25, -0.2) is 9.97 Å². The maximum atomic E-state index is 7.82. The number of nitrogens with zero attached hydrogens (tertiary/aromatic N) is 3. The number of hydrogen-bond acceptors (Lipinski definition) is 4. The Morgan fingerprint density at radius 3 is 2.43 bits per heavy atom. The summed E-state index contributed by atoms with van der Waals surface area (Å²) < 4.78 is 65.8. The maximum Gasteiger partial charge on any atom is 0.228 e. The van der Waals surface area contributed by atoms with Crippen LogP contribution in [0.2, 0.25) is 10.3 Å². The van der Waals surface area contributed by atoms with E-state index in [1.54, 1.807) is 0 Å². The number of aromatic nitrogens is 2. The zero-order valence-electron chi connectivity index (χ0n) is 14.6. The monoisotopic (exact) mass is 241 g/mol. The molecule has 4 nitrogen and oxygen atoms in total. The van der Waals surface area contributed by atoms with Gasteiger partial charge >= 0.3 is 0 Å². The number of ether oxygens (including phenoxy) is 1. The fourth-order valence-corrected chi connectivity index (χ4v) is 1.18. The molecule has 0 saturated carbocycles. The first kappa shape index (κ1) is 4.12. The average Bonchev–Trinajstić information content (AvgIpc) is 2.22. The third kappa shape index (κ3) is 2.26. The molecule has 1 aromatic rings. The SMILES string of the molecule is [2H]C1([2H])OC([2H])([2H])C([2H])([2H])N(c2nc(Cl)cc(Cl)n2)C1([2H])[2H]. The van der Waals surface area contributed by atoms with Gasteiger partial charge in [0.2, 0.25) is 5.95 Å². The molecule has 2 heterocycles. The van der Waals surface area contributed by atoms with E-state index in [0.29, 0.717) is 0 Å². The highest BCUT2D eigenvalue weighted by molar-refractivity contribution is 6.33. The van der Waals surface area contributed by atoms with E-state index in [0.717, 1.165) is 6.07 Å². The van der Waals surface area contributed by atoms with Crippen molar-refractivity contribution in [2.24, 2.45) is 0 Å². The van der Waals surface area contributed by atoms with Crippen molar-refractivity contribution in [2.45, 2.75) is 0 Å². The number of hydrogen-bond donors (Lipinski definition) is 0. The third-order valence-electron chi connectivity index (χ3n) is 1.27. The summed E-state index contributed by atoms with van der Waals surface area (Å²) in [5.41, 5.74) is 0. The quantitative estimate of drug-likeness (QED) is 0.701. The fraction of sp³-hybridized carbons (Fsp3) is 0.500. The van der Waals surface area contributed by atoms with Crippen molar-refractivity contribution < 1.29 is 15.7 Å². The Balaban J connectivity index is 2.71. The van der Waals surface area contributed by atoms with Crippen molar-refractivity contribution in [3.8, 4) is 0 Å². The fourth-order valence-electron chi connectivity index (χ4n) is 0.769. The standard InChI is InChI=1S/C8H9Cl2N3O/c9-6-5-7(10)12-8(11-6)13-1-3-14-4-2-13/h5H,1-4H2/i1D2,2D2,3D2,4D2. The number of halogens is 2. The van der Waals surface area contributed by atoms with Gasteiger partial charge in [0.15, 0.2) is 0 Å². The van der Waals surface area contributed by atoms with Gasteiger partial charge in [0.1, 0.15) is 10.3 Å². The summed E-state index contributed by atoms with van der Waals surface area (Å²) in [7, 11) is 0. The Bertz CT molecular complexity index is 567. The Morgan fingerprint density at radius 1 is 1.29 bits per heavy atom. The van der Waals surface area contributed by atoms with Crippen LogP contribution < -0.4 is 4.90 Å². The van der Waals surface area contributed by atoms with E-state index < -0.39 is 32.1 Å². The van der Waals surface area contributed by atoms with Crippen LogP contribution in [0.25, 0.3) is 0 Å². The molecule has 0 unspecified atom stereocenters. The molecule has 0 bridgehead atoms. The molecule has 0 spiro atoms. The van der Waals surface area contributed by atoms with Crippen LogP contribution in [-0.4, -0.2) is 36.1 Å². The zero-order chi connectivity index (χ0) is 17.1. The Morgan fingerprint density at radius 2 is 1.86 bits per heavy atom. The van der Waals surface area contributed by atoms with Crippen LogP contribution in [0.3, 0.4) is 0 Å². The van der Waals surface area contributed by atoms with E-state index in [4.69, 9.17) is 34.2 Å². The molecule has 0 atom stereocenters. The highest BCUT2D eigenvalue weighted by Crippen LogP contribution is 2.17. The minimum atomic E-state index is -3.19. The Hall–Kier alpha value is -0.580. The molecular formula is C8H9Cl2N3O. The lowest BCUT2D eigenvalue weighted by Crippen LogP contribution is -2.37. The number of rotatable bonds is 1. The summed E-state index contributed by atoms with van der Waals surface area (Å²) in [4.78, 5) is 7.31. The smallest absolute Gasteiger partial charge is 0.228 e. The van der Waals surface area contributed by atoms with Crippen molar-refractivity contribution in [1.82, 2.24) is 9.97 Å². The van der Waals surface area contributed by atoms with Crippen LogP contribution in [0.1, 0.15) is 11.0 Å². The minimum absolute atomic E-state index is 0.0985. The van der Waals surface area contributed by atoms with Crippen LogP contribution >= 0.6 is 23.2 Å². The number of morpholine rings is 1. The molecule has 2 rings (SSSR count). The molecule has 0 aromatic carbocycles. The van der Waals surface area contributed by atoms with Crippen molar-refractivity contribution in [2.75, 3.05) is 31.0 Å². The van der Waals surface area contributed by atoms with Crippen molar-refractivity contribution in [1.29, 1.82) is 0 Å². The van der Waals surface area contributed by atoms with Crippen LogP contribution in [0.4, 0.5) is 5.95 Å². The van der Waals surface area contributed by atoms with Gasteiger partial charge in [-0.1, -0.05) is 23.2 Å². The second-order valence-corrected chi connectivity index (χ2v) is 2.95. The summed E-state index contributed by atoms with van der Waals surface area (Å²) in [6.07, 6.45) is 0. The van der Waals surface area contributed by atoms with Crippen LogP contribution in [0.5, 0.6) is 0 Å². The lowest BCUT2D eigenvalue weighted by molar-refractivity contribution is 0.122. The molecule has 1 aromatic heterocycles. The van der Waals surface area contributed by atoms with Gasteiger partial charge in [-0.2, -0.15) is 0 Å². The summed E-state index contributed by atoms with van der Waals surface area (Å²) in [6.45, 7) is -12.7. The second kappa shape index (κ2) is 4.29. The lowest BCUT2D eigenvalue weighted by atomic mass is 10.4. The largest absolute Gasteiger partial charge is 0.378 e. The molecule has 0 aliphatic carbocycles. The normalized spacial score (nSPS) is 40.0. The topological polar surface area (TPSA) is 38.2 Å². The van der Waals surface area contributed by atoms with Gasteiger partial charge in [0.25, 0.3) is 0 Å². The molecule has 0 amide bonds. The van der Waals surface area contributed by atoms with Gasteiger partial charge < -0.3 is 9.64 Å². The van der Waals surface area contributed by atoms with Gasteiger partial charge in [0.05, 0.1) is 24.1 Å². The van der Waals surface area contributed by atoms with E-state index >= 15 is 0 Å². The predicted molar refractivity (Wildman–Crippen MR) is 55.1 cm³/mol. The first-order chi connectivity index (χ1) is 9.72. The third-order valence-corrected chi connectivity index (χ3v) is 1.66. The first-order valence-corrected chi connectivity index (χ1v) is 4.18. The van der Waals surface area contributed by atoms with Crippen molar-refractivity contribution >= 4 is 29.2 Å². The molecule has 0 N–H and O–H groups in total. The van der Waals surface area contributed by atoms with Gasteiger partial charge in [0, 0.05) is 19.1 Å². The van der Waals surface area contributed by atoms with E-state index in [-0.39, 0.29) is 15.2 Å². The number of anilines is 1. The molecule has 0 radical (unpaired) electrons. The van der Waals surface area contributed by atoms with Gasteiger partial charge in [-0.3, -0.25) is 0 Å². The molecule has 14 heavy (non-hydrogen) atoms. The predicted octanol–water partition coefficient (Wildman–Crippen LogP) is 1.62. The van der Waals surface area contributed by atoms with E-state index in [1.807, 2.05) is 0 Å². The van der Waals surface area contributed by atoms with Crippen molar-refractivity contribution in [3.63, 3.8) is 0 Å². The molecule has 1 aliphatic heterocycles. The highest BCUT2D eigenvalue weighted by atomic mass is 35.5. The molecular weight excluding hydrogens is 225 g/mol.